The SMILES string of the molecule is C=CCNC(=O)Cn1nc(C)c2cnn(-c3ccccc3)c2c1=O. The van der Waals surface area contributed by atoms with Crippen molar-refractivity contribution in [1.29, 1.82) is 0 Å². The minimum absolute atomic E-state index is 0.149. The molecular formula is C17H17N5O2. The Labute approximate surface area is 138 Å². The largest absolute Gasteiger partial charge is 0.351 e. The Morgan fingerprint density at radius 1 is 1.33 bits per heavy atom. The Morgan fingerprint density at radius 2 is 2.08 bits per heavy atom. The number of benzene rings is 1. The monoisotopic (exact) mass is 323 g/mol. The Balaban J connectivity index is 2.10. The van der Waals surface area contributed by atoms with E-state index in [0.29, 0.717) is 23.1 Å². The summed E-state index contributed by atoms with van der Waals surface area (Å²) in [6, 6.07) is 9.37. The highest BCUT2D eigenvalue weighted by molar-refractivity contribution is 5.82. The third-order valence-electron chi connectivity index (χ3n) is 3.60. The molecule has 0 bridgehead atoms. The average molecular weight is 323 g/mol. The second kappa shape index (κ2) is 6.49. The van der Waals surface area contributed by atoms with Crippen molar-refractivity contribution in [3.63, 3.8) is 0 Å². The summed E-state index contributed by atoms with van der Waals surface area (Å²) >= 11 is 0. The number of amides is 1. The normalized spacial score (nSPS) is 10.7. The molecule has 7 nitrogen and oxygen atoms in total. The molecule has 2 heterocycles. The van der Waals surface area contributed by atoms with Crippen molar-refractivity contribution in [1.82, 2.24) is 24.9 Å². The summed E-state index contributed by atoms with van der Waals surface area (Å²) in [4.78, 5) is 24.7. The van der Waals surface area contributed by atoms with Crippen LogP contribution in [-0.2, 0) is 11.3 Å². The van der Waals surface area contributed by atoms with Crippen LogP contribution in [0.2, 0.25) is 0 Å². The summed E-state index contributed by atoms with van der Waals surface area (Å²) in [5, 5.41) is 11.8. The molecule has 0 spiro atoms. The fraction of sp³-hybridized carbons (Fsp3) is 0.176. The lowest BCUT2D eigenvalue weighted by molar-refractivity contribution is -0.121. The van der Waals surface area contributed by atoms with Gasteiger partial charge in [0.25, 0.3) is 5.56 Å². The van der Waals surface area contributed by atoms with Gasteiger partial charge in [-0.15, -0.1) is 6.58 Å². The van der Waals surface area contributed by atoms with Crippen LogP contribution in [0.5, 0.6) is 0 Å². The summed E-state index contributed by atoms with van der Waals surface area (Å²) in [5.74, 6) is -0.297. The maximum atomic E-state index is 12.8. The molecule has 1 amide bonds. The van der Waals surface area contributed by atoms with Gasteiger partial charge in [-0.1, -0.05) is 24.3 Å². The molecular weight excluding hydrogens is 306 g/mol. The van der Waals surface area contributed by atoms with Gasteiger partial charge < -0.3 is 5.32 Å². The van der Waals surface area contributed by atoms with Gasteiger partial charge in [0, 0.05) is 11.9 Å². The van der Waals surface area contributed by atoms with Crippen LogP contribution >= 0.6 is 0 Å². The zero-order valence-corrected chi connectivity index (χ0v) is 13.3. The lowest BCUT2D eigenvalue weighted by Crippen LogP contribution is -2.34. The quantitative estimate of drug-likeness (QED) is 0.715. The highest BCUT2D eigenvalue weighted by atomic mass is 16.2. The second-order valence-corrected chi connectivity index (χ2v) is 5.30. The standard InChI is InChI=1S/C17H17N5O2/c1-3-9-18-15(23)11-21-17(24)16-14(12(2)20-21)10-19-22(16)13-7-5-4-6-8-13/h3-8,10H,1,9,11H2,2H3,(H,18,23). The molecule has 2 aromatic heterocycles. The number of aryl methyl sites for hydroxylation is 1. The van der Waals surface area contributed by atoms with E-state index in [2.05, 4.69) is 22.1 Å². The number of fused-ring (bicyclic) bond motifs is 1. The number of carbonyl (C=O) groups excluding carboxylic acids is 1. The summed E-state index contributed by atoms with van der Waals surface area (Å²) in [5.41, 5.74) is 1.47. The number of para-hydroxylation sites is 1. The molecule has 0 aliphatic carbocycles. The van der Waals surface area contributed by atoms with Crippen LogP contribution in [0.3, 0.4) is 0 Å². The maximum absolute atomic E-state index is 12.8. The fourth-order valence-corrected chi connectivity index (χ4v) is 2.47. The first-order valence-corrected chi connectivity index (χ1v) is 7.50. The van der Waals surface area contributed by atoms with Crippen LogP contribution in [0.4, 0.5) is 0 Å². The minimum Gasteiger partial charge on any atom is -0.351 e. The van der Waals surface area contributed by atoms with E-state index in [1.54, 1.807) is 23.9 Å². The summed E-state index contributed by atoms with van der Waals surface area (Å²) in [7, 11) is 0. The van der Waals surface area contributed by atoms with Crippen LogP contribution in [0.15, 0.2) is 54.0 Å². The van der Waals surface area contributed by atoms with Gasteiger partial charge in [0.15, 0.2) is 0 Å². The molecule has 1 N–H and O–H groups in total. The Hall–Kier alpha value is -3.22. The van der Waals surface area contributed by atoms with Crippen molar-refractivity contribution in [2.45, 2.75) is 13.5 Å². The number of rotatable bonds is 5. The maximum Gasteiger partial charge on any atom is 0.293 e. The molecule has 0 saturated carbocycles. The Morgan fingerprint density at radius 3 is 2.79 bits per heavy atom. The summed E-state index contributed by atoms with van der Waals surface area (Å²) in [6.45, 7) is 5.52. The molecule has 3 rings (SSSR count). The van der Waals surface area contributed by atoms with Crippen LogP contribution in [-0.4, -0.2) is 32.0 Å². The molecule has 0 saturated heterocycles. The second-order valence-electron chi connectivity index (χ2n) is 5.30. The number of hydrogen-bond donors (Lipinski definition) is 1. The van der Waals surface area contributed by atoms with Gasteiger partial charge in [0.2, 0.25) is 5.91 Å². The van der Waals surface area contributed by atoms with Gasteiger partial charge in [-0.2, -0.15) is 10.2 Å². The molecule has 7 heteroatoms. The zero-order valence-electron chi connectivity index (χ0n) is 13.3. The molecule has 24 heavy (non-hydrogen) atoms. The summed E-state index contributed by atoms with van der Waals surface area (Å²) < 4.78 is 2.74. The highest BCUT2D eigenvalue weighted by Gasteiger charge is 2.16. The van der Waals surface area contributed by atoms with E-state index in [9.17, 15) is 9.59 Å². The number of hydrogen-bond acceptors (Lipinski definition) is 4. The average Bonchev–Trinajstić information content (AvgIpc) is 3.04. The van der Waals surface area contributed by atoms with E-state index in [1.165, 1.54) is 0 Å². The predicted molar refractivity (Wildman–Crippen MR) is 91.1 cm³/mol. The first kappa shape index (κ1) is 15.7. The Bertz CT molecular complexity index is 956. The molecule has 1 aromatic carbocycles. The number of nitrogens with zero attached hydrogens (tertiary/aromatic N) is 4. The van der Waals surface area contributed by atoms with E-state index in [-0.39, 0.29) is 18.0 Å². The van der Waals surface area contributed by atoms with Gasteiger partial charge in [0.1, 0.15) is 12.1 Å². The fourth-order valence-electron chi connectivity index (χ4n) is 2.47. The van der Waals surface area contributed by atoms with Gasteiger partial charge in [-0.25, -0.2) is 9.36 Å². The van der Waals surface area contributed by atoms with Crippen molar-refractivity contribution >= 4 is 16.8 Å². The number of aromatic nitrogens is 4. The van der Waals surface area contributed by atoms with Gasteiger partial charge in [-0.3, -0.25) is 9.59 Å². The third-order valence-corrected chi connectivity index (χ3v) is 3.60. The third kappa shape index (κ3) is 2.83. The highest BCUT2D eigenvalue weighted by Crippen LogP contribution is 2.16. The molecule has 0 aliphatic heterocycles. The topological polar surface area (TPSA) is 81.8 Å². The molecule has 0 radical (unpaired) electrons. The molecule has 3 aromatic rings. The Kier molecular flexibility index (Phi) is 4.24. The van der Waals surface area contributed by atoms with Crippen LogP contribution in [0, 0.1) is 6.92 Å². The van der Waals surface area contributed by atoms with Crippen molar-refractivity contribution in [3.8, 4) is 5.69 Å². The molecule has 0 atom stereocenters. The van der Waals surface area contributed by atoms with Crippen molar-refractivity contribution in [2.75, 3.05) is 6.54 Å². The first-order valence-electron chi connectivity index (χ1n) is 7.50. The van der Waals surface area contributed by atoms with Crippen LogP contribution < -0.4 is 10.9 Å². The van der Waals surface area contributed by atoms with E-state index < -0.39 is 0 Å². The van der Waals surface area contributed by atoms with Crippen molar-refractivity contribution in [3.05, 3.63) is 65.2 Å². The van der Waals surface area contributed by atoms with Crippen LogP contribution in [0.1, 0.15) is 5.69 Å². The van der Waals surface area contributed by atoms with Gasteiger partial charge in [-0.05, 0) is 19.1 Å². The van der Waals surface area contributed by atoms with E-state index in [1.807, 2.05) is 30.3 Å². The zero-order chi connectivity index (χ0) is 17.1. The molecule has 0 unspecified atom stereocenters. The summed E-state index contributed by atoms with van der Waals surface area (Å²) in [6.07, 6.45) is 3.20. The van der Waals surface area contributed by atoms with Gasteiger partial charge in [0.05, 0.1) is 17.6 Å². The molecule has 0 aliphatic rings. The van der Waals surface area contributed by atoms with Crippen LogP contribution in [0.25, 0.3) is 16.6 Å². The van der Waals surface area contributed by atoms with E-state index in [0.717, 1.165) is 10.4 Å². The van der Waals surface area contributed by atoms with E-state index in [4.69, 9.17) is 0 Å². The number of carbonyl (C=O) groups is 1. The van der Waals surface area contributed by atoms with Crippen molar-refractivity contribution in [2.24, 2.45) is 0 Å². The molecule has 122 valence electrons. The predicted octanol–water partition coefficient (Wildman–Crippen LogP) is 1.19. The smallest absolute Gasteiger partial charge is 0.293 e. The lowest BCUT2D eigenvalue weighted by Gasteiger charge is -2.08. The van der Waals surface area contributed by atoms with Crippen molar-refractivity contribution < 1.29 is 4.79 Å². The minimum atomic E-state index is -0.356. The first-order chi connectivity index (χ1) is 11.6. The lowest BCUT2D eigenvalue weighted by atomic mass is 10.2. The van der Waals surface area contributed by atoms with Gasteiger partial charge >= 0.3 is 0 Å². The van der Waals surface area contributed by atoms with E-state index >= 15 is 0 Å². The molecule has 0 fully saturated rings. The number of nitrogens with one attached hydrogen (secondary N) is 1.